The zero-order chi connectivity index (χ0) is 14.4. The van der Waals surface area contributed by atoms with Crippen molar-refractivity contribution in [2.24, 2.45) is 10.4 Å². The Bertz CT molecular complexity index is 438. The minimum Gasteiger partial charge on any atom is -0.371 e. The molecule has 0 amide bonds. The average Bonchev–Trinajstić information content (AvgIpc) is 2.54. The van der Waals surface area contributed by atoms with Crippen LogP contribution in [0.5, 0.6) is 0 Å². The predicted molar refractivity (Wildman–Crippen MR) is 84.1 cm³/mol. The highest BCUT2D eigenvalue weighted by Crippen LogP contribution is 2.30. The van der Waals surface area contributed by atoms with Crippen LogP contribution in [0.3, 0.4) is 0 Å². The normalized spacial score (nSPS) is 19.1. The van der Waals surface area contributed by atoms with Crippen molar-refractivity contribution in [3.05, 3.63) is 35.9 Å². The highest BCUT2D eigenvalue weighted by atomic mass is 16.5. The molecule has 1 N–H and O–H groups in total. The van der Waals surface area contributed by atoms with E-state index in [0.29, 0.717) is 12.0 Å². The standard InChI is InChI=1S/C17H26N2O/c1-4-17(5-2)12-18-16(19-13-17)15(20-6-3)14-10-8-7-9-11-14/h7-11,15H,4-6,12-13H2,1-3H3,(H,18,19)/t15-/m0/s1. The van der Waals surface area contributed by atoms with Crippen molar-refractivity contribution in [3.8, 4) is 0 Å². The van der Waals surface area contributed by atoms with Gasteiger partial charge in [-0.1, -0.05) is 44.2 Å². The van der Waals surface area contributed by atoms with E-state index in [4.69, 9.17) is 9.73 Å². The molecule has 1 atom stereocenters. The molecule has 0 bridgehead atoms. The van der Waals surface area contributed by atoms with Gasteiger partial charge in [0, 0.05) is 25.1 Å². The maximum absolute atomic E-state index is 5.91. The van der Waals surface area contributed by atoms with E-state index >= 15 is 0 Å². The van der Waals surface area contributed by atoms with E-state index in [1.54, 1.807) is 0 Å². The Hall–Kier alpha value is -1.35. The lowest BCUT2D eigenvalue weighted by Gasteiger charge is -2.36. The fraction of sp³-hybridized carbons (Fsp3) is 0.588. The van der Waals surface area contributed by atoms with Crippen LogP contribution in [0.1, 0.15) is 45.3 Å². The first-order valence-electron chi connectivity index (χ1n) is 7.69. The lowest BCUT2D eigenvalue weighted by molar-refractivity contribution is 0.104. The van der Waals surface area contributed by atoms with Crippen LogP contribution in [0.4, 0.5) is 0 Å². The monoisotopic (exact) mass is 274 g/mol. The summed E-state index contributed by atoms with van der Waals surface area (Å²) in [7, 11) is 0. The summed E-state index contributed by atoms with van der Waals surface area (Å²) in [6, 6.07) is 10.3. The molecular weight excluding hydrogens is 248 g/mol. The zero-order valence-corrected chi connectivity index (χ0v) is 12.9. The highest BCUT2D eigenvalue weighted by Gasteiger charge is 2.32. The second-order valence-electron chi connectivity index (χ2n) is 5.51. The summed E-state index contributed by atoms with van der Waals surface area (Å²) in [5.74, 6) is 0.982. The molecular formula is C17H26N2O. The minimum absolute atomic E-state index is 0.0621. The summed E-state index contributed by atoms with van der Waals surface area (Å²) in [5, 5.41) is 3.52. The summed E-state index contributed by atoms with van der Waals surface area (Å²) in [5.41, 5.74) is 1.48. The van der Waals surface area contributed by atoms with E-state index in [1.807, 2.05) is 25.1 Å². The van der Waals surface area contributed by atoms with E-state index in [-0.39, 0.29) is 6.10 Å². The number of amidine groups is 1. The van der Waals surface area contributed by atoms with Crippen LogP contribution in [-0.4, -0.2) is 25.5 Å². The van der Waals surface area contributed by atoms with Crippen LogP contribution in [0.15, 0.2) is 35.3 Å². The van der Waals surface area contributed by atoms with Crippen molar-refractivity contribution in [2.75, 3.05) is 19.7 Å². The van der Waals surface area contributed by atoms with Crippen molar-refractivity contribution in [3.63, 3.8) is 0 Å². The van der Waals surface area contributed by atoms with Gasteiger partial charge in [-0.05, 0) is 25.3 Å². The molecule has 1 aliphatic rings. The quantitative estimate of drug-likeness (QED) is 0.860. The molecule has 1 aromatic carbocycles. The maximum atomic E-state index is 5.91. The van der Waals surface area contributed by atoms with Crippen molar-refractivity contribution < 1.29 is 4.74 Å². The molecule has 3 heteroatoms. The van der Waals surface area contributed by atoms with Gasteiger partial charge in [-0.25, -0.2) is 0 Å². The van der Waals surface area contributed by atoms with Gasteiger partial charge in [0.2, 0.25) is 0 Å². The van der Waals surface area contributed by atoms with Gasteiger partial charge in [-0.3, -0.25) is 4.99 Å². The number of nitrogens with one attached hydrogen (secondary N) is 1. The van der Waals surface area contributed by atoms with E-state index < -0.39 is 0 Å². The first-order chi connectivity index (χ1) is 9.74. The summed E-state index contributed by atoms with van der Waals surface area (Å²) in [4.78, 5) is 4.80. The SMILES string of the molecule is CCO[C@H](C1=NCC(CC)(CC)CN1)c1ccccc1. The van der Waals surface area contributed by atoms with Crippen LogP contribution in [0, 0.1) is 5.41 Å². The van der Waals surface area contributed by atoms with E-state index in [1.165, 1.54) is 5.56 Å². The van der Waals surface area contributed by atoms with Crippen molar-refractivity contribution in [1.29, 1.82) is 0 Å². The third-order valence-corrected chi connectivity index (χ3v) is 4.41. The molecule has 0 saturated carbocycles. The number of ether oxygens (including phenoxy) is 1. The van der Waals surface area contributed by atoms with Crippen LogP contribution in [-0.2, 0) is 4.74 Å². The van der Waals surface area contributed by atoms with Gasteiger partial charge in [-0.2, -0.15) is 0 Å². The minimum atomic E-state index is -0.0621. The van der Waals surface area contributed by atoms with Gasteiger partial charge in [0.1, 0.15) is 11.9 Å². The number of hydrogen-bond donors (Lipinski definition) is 1. The fourth-order valence-electron chi connectivity index (χ4n) is 2.67. The van der Waals surface area contributed by atoms with E-state index in [0.717, 1.165) is 31.8 Å². The molecule has 20 heavy (non-hydrogen) atoms. The largest absolute Gasteiger partial charge is 0.371 e. The highest BCUT2D eigenvalue weighted by molar-refractivity contribution is 5.88. The maximum Gasteiger partial charge on any atom is 0.139 e. The predicted octanol–water partition coefficient (Wildman–Crippen LogP) is 3.57. The molecule has 110 valence electrons. The molecule has 0 radical (unpaired) electrons. The Morgan fingerprint density at radius 3 is 2.40 bits per heavy atom. The van der Waals surface area contributed by atoms with Gasteiger partial charge in [0.05, 0.1) is 0 Å². The van der Waals surface area contributed by atoms with Gasteiger partial charge >= 0.3 is 0 Å². The summed E-state index contributed by atoms with van der Waals surface area (Å²) < 4.78 is 5.91. The average molecular weight is 274 g/mol. The van der Waals surface area contributed by atoms with Gasteiger partial charge < -0.3 is 10.1 Å². The van der Waals surface area contributed by atoms with E-state index in [2.05, 4.69) is 31.3 Å². The van der Waals surface area contributed by atoms with Crippen LogP contribution < -0.4 is 5.32 Å². The van der Waals surface area contributed by atoms with Gasteiger partial charge in [-0.15, -0.1) is 0 Å². The van der Waals surface area contributed by atoms with Gasteiger partial charge in [0.15, 0.2) is 0 Å². The van der Waals surface area contributed by atoms with E-state index in [9.17, 15) is 0 Å². The molecule has 0 aliphatic carbocycles. The third-order valence-electron chi connectivity index (χ3n) is 4.41. The molecule has 0 saturated heterocycles. The van der Waals surface area contributed by atoms with Gasteiger partial charge in [0.25, 0.3) is 0 Å². The Balaban J connectivity index is 2.18. The molecule has 0 aromatic heterocycles. The Morgan fingerprint density at radius 2 is 1.90 bits per heavy atom. The van der Waals surface area contributed by atoms with Crippen LogP contribution in [0.2, 0.25) is 0 Å². The molecule has 2 rings (SSSR count). The molecule has 1 heterocycles. The number of benzene rings is 1. The lowest BCUT2D eigenvalue weighted by atomic mass is 9.81. The van der Waals surface area contributed by atoms with Crippen LogP contribution >= 0.6 is 0 Å². The second-order valence-corrected chi connectivity index (χ2v) is 5.51. The first-order valence-corrected chi connectivity index (χ1v) is 7.69. The molecule has 3 nitrogen and oxygen atoms in total. The Morgan fingerprint density at radius 1 is 1.20 bits per heavy atom. The van der Waals surface area contributed by atoms with Crippen molar-refractivity contribution in [1.82, 2.24) is 5.32 Å². The second kappa shape index (κ2) is 6.89. The smallest absolute Gasteiger partial charge is 0.139 e. The fourth-order valence-corrected chi connectivity index (χ4v) is 2.67. The molecule has 1 aromatic rings. The molecule has 0 fully saturated rings. The first kappa shape index (κ1) is 15.0. The molecule has 1 aliphatic heterocycles. The number of aliphatic imine (C=N–C) groups is 1. The summed E-state index contributed by atoms with van der Waals surface area (Å²) >= 11 is 0. The Kier molecular flexibility index (Phi) is 5.18. The van der Waals surface area contributed by atoms with Crippen LogP contribution in [0.25, 0.3) is 0 Å². The van der Waals surface area contributed by atoms with Crippen molar-refractivity contribution >= 4 is 5.84 Å². The molecule has 0 spiro atoms. The topological polar surface area (TPSA) is 33.6 Å². The number of nitrogens with zero attached hydrogens (tertiary/aromatic N) is 1. The molecule has 0 unspecified atom stereocenters. The summed E-state index contributed by atoms with van der Waals surface area (Å²) in [6.45, 7) is 9.12. The zero-order valence-electron chi connectivity index (χ0n) is 12.9. The third kappa shape index (κ3) is 3.21. The van der Waals surface area contributed by atoms with Crippen molar-refractivity contribution in [2.45, 2.75) is 39.7 Å². The number of hydrogen-bond acceptors (Lipinski definition) is 3. The summed E-state index contributed by atoms with van der Waals surface area (Å²) in [6.07, 6.45) is 2.27. The Labute approximate surface area is 122 Å². The number of rotatable bonds is 6. The lowest BCUT2D eigenvalue weighted by Crippen LogP contribution is -2.46.